The maximum atomic E-state index is 5.84. The number of nitrogens with two attached hydrogens (primary N) is 1. The molecule has 5 heteroatoms. The van der Waals surface area contributed by atoms with Crippen molar-refractivity contribution >= 4 is 16.7 Å². The minimum absolute atomic E-state index is 0.467. The Morgan fingerprint density at radius 3 is 2.56 bits per heavy atom. The molecule has 2 heterocycles. The zero-order valence-electron chi connectivity index (χ0n) is 9.83. The summed E-state index contributed by atoms with van der Waals surface area (Å²) in [7, 11) is 0. The third-order valence-electron chi connectivity index (χ3n) is 2.71. The van der Waals surface area contributed by atoms with Gasteiger partial charge in [-0.15, -0.1) is 0 Å². The summed E-state index contributed by atoms with van der Waals surface area (Å²) >= 11 is 0. The average Bonchev–Trinajstić information content (AvgIpc) is 2.40. The highest BCUT2D eigenvalue weighted by molar-refractivity contribution is 5.90. The lowest BCUT2D eigenvalue weighted by Crippen LogP contribution is -1.94. The molecule has 18 heavy (non-hydrogen) atoms. The molecule has 1 aromatic carbocycles. The molecule has 3 aromatic rings. The van der Waals surface area contributed by atoms with Gasteiger partial charge in [-0.3, -0.25) is 0 Å². The maximum Gasteiger partial charge on any atom is 0.159 e. The third kappa shape index (κ3) is 1.75. The lowest BCUT2D eigenvalue weighted by atomic mass is 10.1. The molecule has 0 aliphatic carbocycles. The fourth-order valence-corrected chi connectivity index (χ4v) is 1.76. The summed E-state index contributed by atoms with van der Waals surface area (Å²) in [4.78, 5) is 16.7. The molecule has 2 aromatic heterocycles. The van der Waals surface area contributed by atoms with Crippen molar-refractivity contribution in [1.82, 2.24) is 19.9 Å². The largest absolute Gasteiger partial charge is 0.383 e. The zero-order valence-corrected chi connectivity index (χ0v) is 9.83. The number of nitrogen functional groups attached to an aromatic ring is 1. The second-order valence-corrected chi connectivity index (χ2v) is 4.07. The van der Waals surface area contributed by atoms with Crippen LogP contribution in [0.15, 0.2) is 36.9 Å². The van der Waals surface area contributed by atoms with E-state index in [9.17, 15) is 0 Å². The second kappa shape index (κ2) is 4.03. The van der Waals surface area contributed by atoms with E-state index in [1.54, 1.807) is 12.4 Å². The first-order valence-electron chi connectivity index (χ1n) is 5.53. The van der Waals surface area contributed by atoms with Crippen molar-refractivity contribution in [2.45, 2.75) is 6.92 Å². The summed E-state index contributed by atoms with van der Waals surface area (Å²) in [6, 6.07) is 5.74. The van der Waals surface area contributed by atoms with Gasteiger partial charge in [-0.1, -0.05) is 0 Å². The van der Waals surface area contributed by atoms with E-state index >= 15 is 0 Å². The summed E-state index contributed by atoms with van der Waals surface area (Å²) in [5.41, 5.74) is 8.59. The van der Waals surface area contributed by atoms with Crippen molar-refractivity contribution in [1.29, 1.82) is 0 Å². The molecule has 0 saturated heterocycles. The lowest BCUT2D eigenvalue weighted by molar-refractivity contribution is 1.14. The molecule has 0 aliphatic rings. The predicted octanol–water partition coefficient (Wildman–Crippen LogP) is 1.98. The summed E-state index contributed by atoms with van der Waals surface area (Å²) in [5, 5.41) is 0.819. The van der Waals surface area contributed by atoms with Gasteiger partial charge in [-0.2, -0.15) is 0 Å². The zero-order chi connectivity index (χ0) is 12.5. The Balaban J connectivity index is 2.18. The first-order chi connectivity index (χ1) is 8.74. The molecule has 0 bridgehead atoms. The van der Waals surface area contributed by atoms with Crippen molar-refractivity contribution in [3.05, 3.63) is 42.5 Å². The van der Waals surface area contributed by atoms with Crippen LogP contribution >= 0.6 is 0 Å². The molecular weight excluding hydrogens is 226 g/mol. The highest BCUT2D eigenvalue weighted by atomic mass is 14.9. The van der Waals surface area contributed by atoms with E-state index in [-0.39, 0.29) is 0 Å². The van der Waals surface area contributed by atoms with Crippen molar-refractivity contribution in [3.63, 3.8) is 0 Å². The van der Waals surface area contributed by atoms with E-state index in [0.717, 1.165) is 22.0 Å². The van der Waals surface area contributed by atoms with Crippen molar-refractivity contribution in [2.24, 2.45) is 0 Å². The van der Waals surface area contributed by atoms with E-state index in [1.807, 2.05) is 25.1 Å². The molecule has 0 spiro atoms. The van der Waals surface area contributed by atoms with E-state index in [4.69, 9.17) is 5.73 Å². The molecule has 2 N–H and O–H groups in total. The number of hydrogen-bond donors (Lipinski definition) is 1. The van der Waals surface area contributed by atoms with Gasteiger partial charge in [0.1, 0.15) is 12.1 Å². The van der Waals surface area contributed by atoms with Crippen LogP contribution in [0.25, 0.3) is 22.3 Å². The van der Waals surface area contributed by atoms with Crippen LogP contribution < -0.4 is 5.73 Å². The van der Waals surface area contributed by atoms with Crippen LogP contribution in [0.4, 0.5) is 5.82 Å². The number of nitrogens with zero attached hydrogens (tertiary/aromatic N) is 4. The van der Waals surface area contributed by atoms with Gasteiger partial charge in [0.05, 0.1) is 5.52 Å². The van der Waals surface area contributed by atoms with E-state index < -0.39 is 0 Å². The van der Waals surface area contributed by atoms with Crippen LogP contribution in [-0.2, 0) is 0 Å². The number of benzene rings is 1. The Morgan fingerprint density at radius 2 is 1.78 bits per heavy atom. The van der Waals surface area contributed by atoms with Crippen LogP contribution in [0.2, 0.25) is 0 Å². The first-order valence-corrected chi connectivity index (χ1v) is 5.53. The topological polar surface area (TPSA) is 77.6 Å². The monoisotopic (exact) mass is 237 g/mol. The molecule has 0 unspecified atom stereocenters. The van der Waals surface area contributed by atoms with Gasteiger partial charge in [-0.25, -0.2) is 19.9 Å². The maximum absolute atomic E-state index is 5.84. The van der Waals surface area contributed by atoms with Crippen LogP contribution in [0.1, 0.15) is 5.56 Å². The Morgan fingerprint density at radius 1 is 1.00 bits per heavy atom. The minimum atomic E-state index is 0.467. The van der Waals surface area contributed by atoms with Gasteiger partial charge in [-0.05, 0) is 30.7 Å². The molecule has 0 saturated carbocycles. The molecule has 3 rings (SSSR count). The summed E-state index contributed by atoms with van der Waals surface area (Å²) in [6.45, 7) is 1.95. The number of aromatic nitrogens is 4. The highest BCUT2D eigenvalue weighted by Crippen LogP contribution is 2.23. The smallest absolute Gasteiger partial charge is 0.159 e. The molecule has 0 fully saturated rings. The molecule has 88 valence electrons. The Bertz CT molecular complexity index is 706. The highest BCUT2D eigenvalue weighted by Gasteiger charge is 2.05. The normalized spacial score (nSPS) is 10.7. The van der Waals surface area contributed by atoms with Crippen molar-refractivity contribution < 1.29 is 0 Å². The number of rotatable bonds is 1. The van der Waals surface area contributed by atoms with Gasteiger partial charge < -0.3 is 5.73 Å². The van der Waals surface area contributed by atoms with E-state index in [0.29, 0.717) is 11.6 Å². The van der Waals surface area contributed by atoms with Crippen LogP contribution in [0, 0.1) is 6.92 Å². The Labute approximate surface area is 104 Å². The average molecular weight is 237 g/mol. The lowest BCUT2D eigenvalue weighted by Gasteiger charge is -2.03. The standard InChI is InChI=1S/C13H11N5/c1-8-5-15-13(16-6-8)9-2-3-11-10(4-9)12(14)18-7-17-11/h2-7H,1H3,(H2,14,17,18). The van der Waals surface area contributed by atoms with Crippen LogP contribution in [0.3, 0.4) is 0 Å². The van der Waals surface area contributed by atoms with Gasteiger partial charge in [0.15, 0.2) is 5.82 Å². The number of aryl methyl sites for hydroxylation is 1. The SMILES string of the molecule is Cc1cnc(-c2ccc3ncnc(N)c3c2)nc1. The fourth-order valence-electron chi connectivity index (χ4n) is 1.76. The van der Waals surface area contributed by atoms with Crippen molar-refractivity contribution in [2.75, 3.05) is 5.73 Å². The van der Waals surface area contributed by atoms with Crippen molar-refractivity contribution in [3.8, 4) is 11.4 Å². The van der Waals surface area contributed by atoms with E-state index in [2.05, 4.69) is 19.9 Å². The molecule has 0 atom stereocenters. The third-order valence-corrected chi connectivity index (χ3v) is 2.71. The molecule has 0 aliphatic heterocycles. The number of hydrogen-bond acceptors (Lipinski definition) is 5. The Kier molecular flexibility index (Phi) is 2.37. The molecule has 5 nitrogen and oxygen atoms in total. The van der Waals surface area contributed by atoms with Gasteiger partial charge in [0.2, 0.25) is 0 Å². The second-order valence-electron chi connectivity index (χ2n) is 4.07. The summed E-state index contributed by atoms with van der Waals surface area (Å²) in [6.07, 6.45) is 5.04. The van der Waals surface area contributed by atoms with Gasteiger partial charge in [0.25, 0.3) is 0 Å². The molecular formula is C13H11N5. The summed E-state index contributed by atoms with van der Waals surface area (Å²) in [5.74, 6) is 1.14. The molecule has 0 amide bonds. The van der Waals surface area contributed by atoms with Crippen LogP contribution in [-0.4, -0.2) is 19.9 Å². The quantitative estimate of drug-likeness (QED) is 0.700. The fraction of sp³-hybridized carbons (Fsp3) is 0.0769. The van der Waals surface area contributed by atoms with Crippen LogP contribution in [0.5, 0.6) is 0 Å². The summed E-state index contributed by atoms with van der Waals surface area (Å²) < 4.78 is 0. The Hall–Kier alpha value is -2.56. The molecule has 0 radical (unpaired) electrons. The first kappa shape index (κ1) is 10.6. The van der Waals surface area contributed by atoms with Gasteiger partial charge >= 0.3 is 0 Å². The predicted molar refractivity (Wildman–Crippen MR) is 69.7 cm³/mol. The van der Waals surface area contributed by atoms with Gasteiger partial charge in [0, 0.05) is 23.3 Å². The number of fused-ring (bicyclic) bond motifs is 1. The minimum Gasteiger partial charge on any atom is -0.383 e. The number of anilines is 1. The van der Waals surface area contributed by atoms with E-state index in [1.165, 1.54) is 6.33 Å².